The van der Waals surface area contributed by atoms with Crippen molar-refractivity contribution in [2.24, 2.45) is 5.41 Å². The Morgan fingerprint density at radius 3 is 2.66 bits per heavy atom. The van der Waals surface area contributed by atoms with Crippen LogP contribution in [0.3, 0.4) is 0 Å². The minimum Gasteiger partial charge on any atom is -0.377 e. The molecule has 0 aliphatic carbocycles. The lowest BCUT2D eigenvalue weighted by atomic mass is 9.91. The van der Waals surface area contributed by atoms with Gasteiger partial charge in [0, 0.05) is 48.0 Å². The van der Waals surface area contributed by atoms with Gasteiger partial charge < -0.3 is 25.2 Å². The predicted octanol–water partition coefficient (Wildman–Crippen LogP) is 4.97. The molecular formula is C30H39N7O3S. The van der Waals surface area contributed by atoms with Crippen LogP contribution in [-0.2, 0) is 17.7 Å². The zero-order valence-electron chi connectivity index (χ0n) is 24.3. The number of anilines is 2. The first-order valence-corrected chi connectivity index (χ1v) is 15.1. The van der Waals surface area contributed by atoms with E-state index in [1.165, 1.54) is 11.3 Å². The number of nitrogens with zero attached hydrogens (tertiary/aromatic N) is 5. The molecule has 0 radical (unpaired) electrons. The van der Waals surface area contributed by atoms with Gasteiger partial charge in [-0.05, 0) is 55.9 Å². The Morgan fingerprint density at radius 2 is 1.95 bits per heavy atom. The number of hydrogen-bond acceptors (Lipinski definition) is 8. The minimum atomic E-state index is -0.217. The number of carbonyl (C=O) groups is 2. The van der Waals surface area contributed by atoms with Gasteiger partial charge in [-0.3, -0.25) is 4.79 Å². The smallest absolute Gasteiger partial charge is 0.319 e. The molecule has 5 rings (SSSR count). The first kappa shape index (κ1) is 28.9. The summed E-state index contributed by atoms with van der Waals surface area (Å²) in [6.45, 7) is 12.4. The van der Waals surface area contributed by atoms with E-state index < -0.39 is 0 Å². The van der Waals surface area contributed by atoms with Crippen molar-refractivity contribution in [2.75, 3.05) is 43.1 Å². The normalized spacial score (nSPS) is 17.2. The van der Waals surface area contributed by atoms with Crippen LogP contribution in [0.25, 0.3) is 11.4 Å². The predicted molar refractivity (Wildman–Crippen MR) is 161 cm³/mol. The highest BCUT2D eigenvalue weighted by Gasteiger charge is 2.31. The average molecular weight is 578 g/mol. The molecule has 2 aliphatic heterocycles. The summed E-state index contributed by atoms with van der Waals surface area (Å²) in [5.41, 5.74) is 3.74. The molecule has 41 heavy (non-hydrogen) atoms. The van der Waals surface area contributed by atoms with E-state index >= 15 is 0 Å². The number of hydrogen-bond donors (Lipinski definition) is 2. The van der Waals surface area contributed by atoms with Gasteiger partial charge in [0.25, 0.3) is 5.91 Å². The third kappa shape index (κ3) is 7.20. The Bertz CT molecular complexity index is 1360. The number of nitrogens with one attached hydrogen (secondary N) is 2. The Balaban J connectivity index is 1.35. The van der Waals surface area contributed by atoms with E-state index in [0.29, 0.717) is 55.8 Å². The van der Waals surface area contributed by atoms with E-state index in [2.05, 4.69) is 48.2 Å². The molecule has 0 spiro atoms. The highest BCUT2D eigenvalue weighted by Crippen LogP contribution is 2.32. The first-order chi connectivity index (χ1) is 19.7. The molecule has 218 valence electrons. The summed E-state index contributed by atoms with van der Waals surface area (Å²) in [5.74, 6) is 1.44. The van der Waals surface area contributed by atoms with Crippen molar-refractivity contribution < 1.29 is 14.3 Å². The van der Waals surface area contributed by atoms with Crippen LogP contribution in [0.4, 0.5) is 16.3 Å². The summed E-state index contributed by atoms with van der Waals surface area (Å²) in [5, 5.41) is 8.15. The molecule has 0 bridgehead atoms. The second kappa shape index (κ2) is 12.5. The summed E-state index contributed by atoms with van der Waals surface area (Å²) in [4.78, 5) is 43.8. The van der Waals surface area contributed by atoms with Gasteiger partial charge in [0.1, 0.15) is 5.82 Å². The van der Waals surface area contributed by atoms with E-state index in [4.69, 9.17) is 14.7 Å². The van der Waals surface area contributed by atoms with Crippen molar-refractivity contribution >= 4 is 34.8 Å². The lowest BCUT2D eigenvalue weighted by Gasteiger charge is -2.37. The van der Waals surface area contributed by atoms with Gasteiger partial charge in [0.2, 0.25) is 0 Å². The topological polar surface area (TPSA) is 113 Å². The van der Waals surface area contributed by atoms with Gasteiger partial charge in [-0.15, -0.1) is 11.3 Å². The highest BCUT2D eigenvalue weighted by atomic mass is 32.1. The molecule has 2 aromatic heterocycles. The van der Waals surface area contributed by atoms with Gasteiger partial charge in [0.05, 0.1) is 31.5 Å². The molecule has 11 heteroatoms. The fourth-order valence-corrected chi connectivity index (χ4v) is 5.76. The molecule has 2 aliphatic rings. The number of morpholine rings is 1. The van der Waals surface area contributed by atoms with Crippen LogP contribution >= 0.6 is 11.3 Å². The third-order valence-corrected chi connectivity index (χ3v) is 8.14. The second-order valence-corrected chi connectivity index (χ2v) is 12.7. The monoisotopic (exact) mass is 577 g/mol. The number of fused-ring (bicyclic) bond motifs is 1. The molecule has 1 fully saturated rings. The number of amides is 3. The van der Waals surface area contributed by atoms with Gasteiger partial charge in [-0.25, -0.2) is 19.7 Å². The molecule has 1 unspecified atom stereocenters. The second-order valence-electron chi connectivity index (χ2n) is 11.8. The number of urea groups is 1. The summed E-state index contributed by atoms with van der Waals surface area (Å²) in [7, 11) is 0. The van der Waals surface area contributed by atoms with Gasteiger partial charge >= 0.3 is 6.03 Å². The fraction of sp³-hybridized carbons (Fsp3) is 0.500. The van der Waals surface area contributed by atoms with Crippen LogP contribution in [0.2, 0.25) is 0 Å². The van der Waals surface area contributed by atoms with Crippen molar-refractivity contribution in [3.63, 3.8) is 0 Å². The average Bonchev–Trinajstić information content (AvgIpc) is 3.49. The number of benzene rings is 1. The van der Waals surface area contributed by atoms with Crippen molar-refractivity contribution in [3.8, 4) is 11.4 Å². The van der Waals surface area contributed by atoms with Gasteiger partial charge in [0.15, 0.2) is 10.8 Å². The van der Waals surface area contributed by atoms with Crippen molar-refractivity contribution in [2.45, 2.75) is 59.5 Å². The number of ether oxygens (including phenoxy) is 1. The van der Waals surface area contributed by atoms with Crippen molar-refractivity contribution in [1.82, 2.24) is 25.2 Å². The standard InChI is InChI=1S/C30H39N7O3S/c1-20-19-40-16-15-37(20)26-23-10-14-36(28(38)27-31-13-17-41-27)18-24(23)34-25(35-26)21-6-8-22(9-7-21)33-29(39)32-12-5-11-30(2,3)4/h6-9,13,17,20H,5,10-12,14-16,18-19H2,1-4H3,(H2,32,33,39). The maximum atomic E-state index is 13.1. The maximum Gasteiger partial charge on any atom is 0.319 e. The van der Waals surface area contributed by atoms with E-state index in [1.54, 1.807) is 6.20 Å². The molecule has 4 heterocycles. The Hall–Kier alpha value is -3.57. The summed E-state index contributed by atoms with van der Waals surface area (Å²) in [6.07, 6.45) is 4.32. The van der Waals surface area contributed by atoms with Crippen molar-refractivity contribution in [1.29, 1.82) is 0 Å². The van der Waals surface area contributed by atoms with E-state index in [9.17, 15) is 9.59 Å². The van der Waals surface area contributed by atoms with Crippen LogP contribution in [0, 0.1) is 5.41 Å². The zero-order valence-corrected chi connectivity index (χ0v) is 25.1. The summed E-state index contributed by atoms with van der Waals surface area (Å²) >= 11 is 1.35. The van der Waals surface area contributed by atoms with E-state index in [-0.39, 0.29) is 23.4 Å². The lowest BCUT2D eigenvalue weighted by Crippen LogP contribution is -2.45. The van der Waals surface area contributed by atoms with Crippen LogP contribution in [0.5, 0.6) is 0 Å². The molecule has 1 atom stereocenters. The quantitative estimate of drug-likeness (QED) is 0.381. The Kier molecular flexibility index (Phi) is 8.84. The summed E-state index contributed by atoms with van der Waals surface area (Å²) in [6, 6.07) is 7.53. The van der Waals surface area contributed by atoms with E-state index in [1.807, 2.05) is 34.5 Å². The first-order valence-electron chi connectivity index (χ1n) is 14.3. The fourth-order valence-electron chi connectivity index (χ4n) is 5.16. The molecule has 3 aromatic rings. The molecule has 2 N–H and O–H groups in total. The van der Waals surface area contributed by atoms with E-state index in [0.717, 1.165) is 42.0 Å². The number of carbonyl (C=O) groups excluding carboxylic acids is 2. The number of aromatic nitrogens is 3. The number of rotatable bonds is 7. The molecular weight excluding hydrogens is 538 g/mol. The molecule has 1 saturated heterocycles. The van der Waals surface area contributed by atoms with Crippen LogP contribution in [0.15, 0.2) is 35.8 Å². The molecule has 0 saturated carbocycles. The highest BCUT2D eigenvalue weighted by molar-refractivity contribution is 7.11. The van der Waals surface area contributed by atoms with Gasteiger partial charge in [-0.2, -0.15) is 0 Å². The zero-order chi connectivity index (χ0) is 29.0. The Labute approximate surface area is 245 Å². The van der Waals surface area contributed by atoms with Crippen LogP contribution < -0.4 is 15.5 Å². The van der Waals surface area contributed by atoms with Crippen molar-refractivity contribution in [3.05, 3.63) is 52.1 Å². The maximum absolute atomic E-state index is 13.1. The SMILES string of the molecule is CC1COCCN1c1nc(-c2ccc(NC(=O)NCCCC(C)(C)C)cc2)nc2c1CCN(C(=O)c1nccs1)C2. The molecule has 1 aromatic carbocycles. The molecule has 3 amide bonds. The summed E-state index contributed by atoms with van der Waals surface area (Å²) < 4.78 is 5.69. The lowest BCUT2D eigenvalue weighted by molar-refractivity contribution is 0.0731. The Morgan fingerprint density at radius 1 is 1.15 bits per heavy atom. The van der Waals surface area contributed by atoms with Crippen LogP contribution in [0.1, 0.15) is 61.6 Å². The van der Waals surface area contributed by atoms with Crippen LogP contribution in [-0.4, -0.2) is 70.7 Å². The van der Waals surface area contributed by atoms with Gasteiger partial charge in [-0.1, -0.05) is 20.8 Å². The number of thiazole rings is 1. The molecule has 10 nitrogen and oxygen atoms in total. The largest absolute Gasteiger partial charge is 0.377 e. The minimum absolute atomic E-state index is 0.0702. The third-order valence-electron chi connectivity index (χ3n) is 7.38.